The van der Waals surface area contributed by atoms with Crippen molar-refractivity contribution < 1.29 is 4.74 Å². The molecule has 3 heteroatoms. The minimum atomic E-state index is 0.667. The number of rotatable bonds is 6. The third-order valence-electron chi connectivity index (χ3n) is 4.77. The molecule has 28 heavy (non-hydrogen) atoms. The molecule has 3 nitrogen and oxygen atoms in total. The summed E-state index contributed by atoms with van der Waals surface area (Å²) in [7, 11) is 1.98. The Bertz CT molecular complexity index is 1040. The molecule has 0 aliphatic rings. The third kappa shape index (κ3) is 3.56. The van der Waals surface area contributed by atoms with Crippen molar-refractivity contribution in [2.75, 3.05) is 6.61 Å². The van der Waals surface area contributed by atoms with Gasteiger partial charge in [0.1, 0.15) is 11.4 Å². The van der Waals surface area contributed by atoms with E-state index in [0.717, 1.165) is 34.7 Å². The van der Waals surface area contributed by atoms with E-state index in [2.05, 4.69) is 67.6 Å². The first-order chi connectivity index (χ1) is 13.8. The van der Waals surface area contributed by atoms with E-state index in [1.165, 1.54) is 11.1 Å². The highest BCUT2D eigenvalue weighted by Crippen LogP contribution is 2.39. The predicted molar refractivity (Wildman–Crippen MR) is 115 cm³/mol. The van der Waals surface area contributed by atoms with Crippen LogP contribution < -0.4 is 4.74 Å². The minimum Gasteiger partial charge on any atom is -0.489 e. The van der Waals surface area contributed by atoms with Gasteiger partial charge in [0.2, 0.25) is 0 Å². The van der Waals surface area contributed by atoms with Gasteiger partial charge >= 0.3 is 0 Å². The molecule has 0 amide bonds. The van der Waals surface area contributed by atoms with Crippen LogP contribution >= 0.6 is 0 Å². The molecule has 0 bridgehead atoms. The molecule has 0 aliphatic heterocycles. The Morgan fingerprint density at radius 3 is 1.86 bits per heavy atom. The largest absolute Gasteiger partial charge is 0.489 e. The molecule has 0 radical (unpaired) electrons. The normalized spacial score (nSPS) is 10.8. The van der Waals surface area contributed by atoms with Crippen LogP contribution in [0.4, 0.5) is 0 Å². The molecule has 4 rings (SSSR count). The van der Waals surface area contributed by atoms with E-state index >= 15 is 0 Å². The zero-order valence-electron chi connectivity index (χ0n) is 16.3. The van der Waals surface area contributed by atoms with E-state index in [9.17, 15) is 0 Å². The van der Waals surface area contributed by atoms with E-state index in [0.29, 0.717) is 6.61 Å². The van der Waals surface area contributed by atoms with Crippen LogP contribution in [0.2, 0.25) is 0 Å². The number of hydrogen-bond acceptors (Lipinski definition) is 2. The minimum absolute atomic E-state index is 0.667. The summed E-state index contributed by atoms with van der Waals surface area (Å²) < 4.78 is 8.10. The number of ether oxygens (including phenoxy) is 1. The Balaban J connectivity index is 1.77. The third-order valence-corrected chi connectivity index (χ3v) is 4.77. The van der Waals surface area contributed by atoms with Crippen molar-refractivity contribution in [1.29, 1.82) is 0 Å². The first-order valence-electron chi connectivity index (χ1n) is 9.69. The number of nitrogens with zero attached hydrogens (tertiary/aromatic N) is 2. The first kappa shape index (κ1) is 18.1. The molecule has 0 N–H and O–H groups in total. The van der Waals surface area contributed by atoms with Gasteiger partial charge in [0.05, 0.1) is 6.61 Å². The lowest BCUT2D eigenvalue weighted by Gasteiger charge is -2.09. The van der Waals surface area contributed by atoms with Crippen LogP contribution in [0.5, 0.6) is 5.75 Å². The van der Waals surface area contributed by atoms with E-state index < -0.39 is 0 Å². The van der Waals surface area contributed by atoms with Gasteiger partial charge in [-0.05, 0) is 17.5 Å². The fourth-order valence-corrected chi connectivity index (χ4v) is 3.40. The lowest BCUT2D eigenvalue weighted by Crippen LogP contribution is -1.98. The SMILES string of the molecule is CCCOc1c(-c2ccc(-c3ccccc3)cc2)nn(C)c1-c1ccccc1. The number of hydrogen-bond donors (Lipinski definition) is 0. The Labute approximate surface area is 166 Å². The van der Waals surface area contributed by atoms with Crippen LogP contribution in [0.25, 0.3) is 33.6 Å². The van der Waals surface area contributed by atoms with Crippen molar-refractivity contribution in [3.05, 3.63) is 84.9 Å². The highest BCUT2D eigenvalue weighted by molar-refractivity contribution is 5.79. The molecule has 0 saturated heterocycles. The van der Waals surface area contributed by atoms with Crippen molar-refractivity contribution in [2.45, 2.75) is 13.3 Å². The maximum Gasteiger partial charge on any atom is 0.173 e. The number of aromatic nitrogens is 2. The summed E-state index contributed by atoms with van der Waals surface area (Å²) in [6.45, 7) is 2.79. The summed E-state index contributed by atoms with van der Waals surface area (Å²) in [6.07, 6.45) is 0.954. The Kier molecular flexibility index (Phi) is 5.24. The molecule has 1 aromatic heterocycles. The Hall–Kier alpha value is -3.33. The van der Waals surface area contributed by atoms with Crippen molar-refractivity contribution in [1.82, 2.24) is 9.78 Å². The van der Waals surface area contributed by atoms with Gasteiger partial charge in [-0.1, -0.05) is 91.9 Å². The molecule has 0 saturated carbocycles. The molecule has 1 heterocycles. The highest BCUT2D eigenvalue weighted by Gasteiger charge is 2.20. The second kappa shape index (κ2) is 8.13. The fourth-order valence-electron chi connectivity index (χ4n) is 3.40. The summed E-state index contributed by atoms with van der Waals surface area (Å²) in [6, 6.07) is 29.2. The zero-order chi connectivity index (χ0) is 19.3. The van der Waals surface area contributed by atoms with Crippen molar-refractivity contribution in [2.24, 2.45) is 7.05 Å². The fraction of sp³-hybridized carbons (Fsp3) is 0.160. The molecular weight excluding hydrogens is 344 g/mol. The summed E-state index contributed by atoms with van der Waals surface area (Å²) in [5, 5.41) is 4.80. The van der Waals surface area contributed by atoms with Crippen LogP contribution in [0.3, 0.4) is 0 Å². The van der Waals surface area contributed by atoms with Gasteiger partial charge in [0.15, 0.2) is 5.75 Å². The van der Waals surface area contributed by atoms with E-state index in [1.54, 1.807) is 0 Å². The standard InChI is InChI=1S/C25H24N2O/c1-3-18-28-25-23(26-27(2)24(25)22-12-8-5-9-13-22)21-16-14-20(15-17-21)19-10-6-4-7-11-19/h4-17H,3,18H2,1-2H3. The maximum absolute atomic E-state index is 6.18. The summed E-state index contributed by atoms with van der Waals surface area (Å²) >= 11 is 0. The second-order valence-corrected chi connectivity index (χ2v) is 6.81. The molecule has 0 aliphatic carbocycles. The maximum atomic E-state index is 6.18. The van der Waals surface area contributed by atoms with Gasteiger partial charge in [-0.15, -0.1) is 0 Å². The average Bonchev–Trinajstić information content (AvgIpc) is 3.09. The molecule has 0 unspecified atom stereocenters. The zero-order valence-corrected chi connectivity index (χ0v) is 16.3. The van der Waals surface area contributed by atoms with Gasteiger partial charge in [-0.3, -0.25) is 4.68 Å². The smallest absolute Gasteiger partial charge is 0.173 e. The molecule has 4 aromatic rings. The first-order valence-corrected chi connectivity index (χ1v) is 9.69. The van der Waals surface area contributed by atoms with Gasteiger partial charge in [-0.25, -0.2) is 0 Å². The Morgan fingerprint density at radius 2 is 1.25 bits per heavy atom. The quantitative estimate of drug-likeness (QED) is 0.404. The lowest BCUT2D eigenvalue weighted by molar-refractivity contribution is 0.320. The van der Waals surface area contributed by atoms with Crippen LogP contribution in [-0.2, 0) is 7.05 Å². The van der Waals surface area contributed by atoms with Gasteiger partial charge < -0.3 is 4.74 Å². The summed E-state index contributed by atoms with van der Waals surface area (Å²) in [5.41, 5.74) is 6.46. The monoisotopic (exact) mass is 368 g/mol. The Morgan fingerprint density at radius 1 is 0.714 bits per heavy atom. The molecular formula is C25H24N2O. The van der Waals surface area contributed by atoms with Crippen LogP contribution in [-0.4, -0.2) is 16.4 Å². The summed E-state index contributed by atoms with van der Waals surface area (Å²) in [5.74, 6) is 0.850. The van der Waals surface area contributed by atoms with E-state index in [1.807, 2.05) is 36.0 Å². The van der Waals surface area contributed by atoms with Crippen LogP contribution in [0.15, 0.2) is 84.9 Å². The van der Waals surface area contributed by atoms with Crippen molar-refractivity contribution in [3.8, 4) is 39.4 Å². The second-order valence-electron chi connectivity index (χ2n) is 6.81. The van der Waals surface area contributed by atoms with E-state index in [-0.39, 0.29) is 0 Å². The van der Waals surface area contributed by atoms with Crippen molar-refractivity contribution in [3.63, 3.8) is 0 Å². The molecule has 3 aromatic carbocycles. The molecule has 0 atom stereocenters. The number of benzene rings is 3. The number of aryl methyl sites for hydroxylation is 1. The highest BCUT2D eigenvalue weighted by atomic mass is 16.5. The lowest BCUT2D eigenvalue weighted by atomic mass is 10.0. The molecule has 0 spiro atoms. The topological polar surface area (TPSA) is 27.1 Å². The molecule has 0 fully saturated rings. The molecule has 140 valence electrons. The van der Waals surface area contributed by atoms with Crippen LogP contribution in [0, 0.1) is 0 Å². The van der Waals surface area contributed by atoms with E-state index in [4.69, 9.17) is 9.84 Å². The predicted octanol–water partition coefficient (Wildman–Crippen LogP) is 6.21. The van der Waals surface area contributed by atoms with Gasteiger partial charge in [0.25, 0.3) is 0 Å². The average molecular weight is 368 g/mol. The van der Waals surface area contributed by atoms with Gasteiger partial charge in [-0.2, -0.15) is 5.10 Å². The summed E-state index contributed by atoms with van der Waals surface area (Å²) in [4.78, 5) is 0. The van der Waals surface area contributed by atoms with Crippen LogP contribution in [0.1, 0.15) is 13.3 Å². The van der Waals surface area contributed by atoms with Crippen molar-refractivity contribution >= 4 is 0 Å². The van der Waals surface area contributed by atoms with Gasteiger partial charge in [0, 0.05) is 18.2 Å².